The lowest BCUT2D eigenvalue weighted by atomic mass is 10.2. The highest BCUT2D eigenvalue weighted by Gasteiger charge is 2.13. The molecule has 0 fully saturated rings. The minimum absolute atomic E-state index is 0.0251. The Labute approximate surface area is 98.3 Å². The van der Waals surface area contributed by atoms with Crippen molar-refractivity contribution in [2.75, 3.05) is 13.2 Å². The van der Waals surface area contributed by atoms with E-state index in [1.807, 2.05) is 0 Å². The molecule has 1 aromatic rings. The summed E-state index contributed by atoms with van der Waals surface area (Å²) in [5.41, 5.74) is 5.81. The zero-order valence-corrected chi connectivity index (χ0v) is 9.44. The largest absolute Gasteiger partial charge is 0.376 e. The lowest BCUT2D eigenvalue weighted by Crippen LogP contribution is -2.05. The average molecular weight is 245 g/mol. The smallest absolute Gasteiger partial charge is 0.275 e. The van der Waals surface area contributed by atoms with Gasteiger partial charge in [-0.1, -0.05) is 11.6 Å². The molecule has 1 rings (SSSR count). The van der Waals surface area contributed by atoms with E-state index in [0.29, 0.717) is 23.7 Å². The minimum Gasteiger partial charge on any atom is -0.376 e. The molecular formula is C10H13ClN2O3. The maximum Gasteiger partial charge on any atom is 0.275 e. The number of nitrogens with two attached hydrogens (primary N) is 1. The Balaban J connectivity index is 2.68. The van der Waals surface area contributed by atoms with Crippen LogP contribution >= 0.6 is 11.6 Å². The Kier molecular flexibility index (Phi) is 5.18. The molecule has 0 saturated carbocycles. The van der Waals surface area contributed by atoms with E-state index in [1.54, 1.807) is 6.07 Å². The number of halogens is 1. The van der Waals surface area contributed by atoms with Crippen molar-refractivity contribution in [3.05, 3.63) is 38.9 Å². The van der Waals surface area contributed by atoms with Crippen molar-refractivity contribution in [1.29, 1.82) is 0 Å². The van der Waals surface area contributed by atoms with Gasteiger partial charge in [-0.05, 0) is 25.1 Å². The molecule has 0 unspecified atom stereocenters. The van der Waals surface area contributed by atoms with Crippen LogP contribution in [0.4, 0.5) is 5.69 Å². The summed E-state index contributed by atoms with van der Waals surface area (Å²) in [4.78, 5) is 10.3. The summed E-state index contributed by atoms with van der Waals surface area (Å²) in [6, 6.07) is 4.41. The van der Waals surface area contributed by atoms with Crippen molar-refractivity contribution < 1.29 is 9.66 Å². The molecule has 0 aromatic heterocycles. The molecule has 0 radical (unpaired) electrons. The number of nitro groups is 1. The molecule has 0 atom stereocenters. The lowest BCUT2D eigenvalue weighted by Gasteiger charge is -2.04. The first-order valence-electron chi connectivity index (χ1n) is 4.85. The standard InChI is InChI=1S/C10H13ClN2O3/c11-9-2-3-10(13(14)15)8(6-9)7-16-5-1-4-12/h2-3,6H,1,4-5,7,12H2. The second kappa shape index (κ2) is 6.42. The Morgan fingerprint density at radius 2 is 2.25 bits per heavy atom. The van der Waals surface area contributed by atoms with Crippen LogP contribution < -0.4 is 5.73 Å². The van der Waals surface area contributed by atoms with Crippen LogP contribution in [0.25, 0.3) is 0 Å². The van der Waals surface area contributed by atoms with Crippen LogP contribution in [0.5, 0.6) is 0 Å². The monoisotopic (exact) mass is 244 g/mol. The highest BCUT2D eigenvalue weighted by Crippen LogP contribution is 2.23. The van der Waals surface area contributed by atoms with Gasteiger partial charge in [0.1, 0.15) is 0 Å². The van der Waals surface area contributed by atoms with E-state index in [9.17, 15) is 10.1 Å². The van der Waals surface area contributed by atoms with Crippen molar-refractivity contribution in [2.45, 2.75) is 13.0 Å². The van der Waals surface area contributed by atoms with Gasteiger partial charge in [0.2, 0.25) is 0 Å². The Hall–Kier alpha value is -1.17. The van der Waals surface area contributed by atoms with Crippen LogP contribution in [0.2, 0.25) is 5.02 Å². The number of nitrogens with zero attached hydrogens (tertiary/aromatic N) is 1. The van der Waals surface area contributed by atoms with Crippen molar-refractivity contribution in [3.8, 4) is 0 Å². The Morgan fingerprint density at radius 3 is 2.88 bits per heavy atom. The van der Waals surface area contributed by atoms with Gasteiger partial charge in [-0.3, -0.25) is 10.1 Å². The van der Waals surface area contributed by atoms with E-state index in [2.05, 4.69) is 0 Å². The van der Waals surface area contributed by atoms with Crippen molar-refractivity contribution in [1.82, 2.24) is 0 Å². The molecule has 0 aliphatic rings. The Morgan fingerprint density at radius 1 is 1.50 bits per heavy atom. The number of nitro benzene ring substituents is 1. The molecule has 0 amide bonds. The van der Waals surface area contributed by atoms with Gasteiger partial charge in [-0.2, -0.15) is 0 Å². The molecule has 1 aromatic carbocycles. The second-order valence-electron chi connectivity index (χ2n) is 3.22. The van der Waals surface area contributed by atoms with Gasteiger partial charge in [0, 0.05) is 17.7 Å². The molecular weight excluding hydrogens is 232 g/mol. The third-order valence-corrected chi connectivity index (χ3v) is 2.22. The number of benzene rings is 1. The topological polar surface area (TPSA) is 78.4 Å². The van der Waals surface area contributed by atoms with E-state index >= 15 is 0 Å². The molecule has 6 heteroatoms. The Bertz CT molecular complexity index is 371. The van der Waals surface area contributed by atoms with E-state index in [0.717, 1.165) is 6.42 Å². The highest BCUT2D eigenvalue weighted by atomic mass is 35.5. The van der Waals surface area contributed by atoms with Crippen molar-refractivity contribution >= 4 is 17.3 Å². The SMILES string of the molecule is NCCCOCc1cc(Cl)ccc1[N+](=O)[O-]. The molecule has 0 saturated heterocycles. The third kappa shape index (κ3) is 3.77. The van der Waals surface area contributed by atoms with Crippen molar-refractivity contribution in [2.24, 2.45) is 5.73 Å². The molecule has 88 valence electrons. The fraction of sp³-hybridized carbons (Fsp3) is 0.400. The van der Waals surface area contributed by atoms with Gasteiger partial charge >= 0.3 is 0 Å². The van der Waals surface area contributed by atoms with Crippen LogP contribution in [-0.4, -0.2) is 18.1 Å². The fourth-order valence-corrected chi connectivity index (χ4v) is 1.41. The summed E-state index contributed by atoms with van der Waals surface area (Å²) in [6.45, 7) is 1.20. The molecule has 0 bridgehead atoms. The lowest BCUT2D eigenvalue weighted by molar-refractivity contribution is -0.385. The van der Waals surface area contributed by atoms with Crippen LogP contribution in [0.15, 0.2) is 18.2 Å². The van der Waals surface area contributed by atoms with Gasteiger partial charge < -0.3 is 10.5 Å². The van der Waals surface area contributed by atoms with Gasteiger partial charge in [0.15, 0.2) is 0 Å². The summed E-state index contributed by atoms with van der Waals surface area (Å²) in [5.74, 6) is 0. The number of hydrogen-bond acceptors (Lipinski definition) is 4. The van der Waals surface area contributed by atoms with Crippen LogP contribution in [0, 0.1) is 10.1 Å². The highest BCUT2D eigenvalue weighted by molar-refractivity contribution is 6.30. The molecule has 0 spiro atoms. The van der Waals surface area contributed by atoms with E-state index in [-0.39, 0.29) is 12.3 Å². The van der Waals surface area contributed by atoms with Gasteiger partial charge in [-0.15, -0.1) is 0 Å². The van der Waals surface area contributed by atoms with E-state index in [4.69, 9.17) is 22.1 Å². The zero-order valence-electron chi connectivity index (χ0n) is 8.69. The maximum absolute atomic E-state index is 10.7. The predicted octanol–water partition coefficient (Wildman–Crippen LogP) is 2.11. The molecule has 0 aliphatic heterocycles. The van der Waals surface area contributed by atoms with E-state index < -0.39 is 4.92 Å². The molecule has 0 aliphatic carbocycles. The van der Waals surface area contributed by atoms with Gasteiger partial charge in [-0.25, -0.2) is 0 Å². The zero-order chi connectivity index (χ0) is 12.0. The molecule has 5 nitrogen and oxygen atoms in total. The van der Waals surface area contributed by atoms with E-state index in [1.165, 1.54) is 12.1 Å². The number of hydrogen-bond donors (Lipinski definition) is 1. The first-order chi connectivity index (χ1) is 7.65. The summed E-state index contributed by atoms with van der Waals surface area (Å²) >= 11 is 5.76. The summed E-state index contributed by atoms with van der Waals surface area (Å²) in [6.07, 6.45) is 0.731. The van der Waals surface area contributed by atoms with Crippen LogP contribution in [-0.2, 0) is 11.3 Å². The minimum atomic E-state index is -0.446. The predicted molar refractivity (Wildman–Crippen MR) is 61.4 cm³/mol. The molecule has 2 N–H and O–H groups in total. The van der Waals surface area contributed by atoms with Crippen LogP contribution in [0.1, 0.15) is 12.0 Å². The van der Waals surface area contributed by atoms with Crippen molar-refractivity contribution in [3.63, 3.8) is 0 Å². The summed E-state index contributed by atoms with van der Waals surface area (Å²) < 4.78 is 5.26. The second-order valence-corrected chi connectivity index (χ2v) is 3.66. The normalized spacial score (nSPS) is 10.4. The number of ether oxygens (including phenoxy) is 1. The maximum atomic E-state index is 10.7. The first-order valence-corrected chi connectivity index (χ1v) is 5.23. The fourth-order valence-electron chi connectivity index (χ4n) is 1.22. The molecule has 16 heavy (non-hydrogen) atoms. The average Bonchev–Trinajstić information content (AvgIpc) is 2.24. The quantitative estimate of drug-likeness (QED) is 0.472. The van der Waals surface area contributed by atoms with Crippen LogP contribution in [0.3, 0.4) is 0 Å². The summed E-state index contributed by atoms with van der Waals surface area (Å²) in [7, 11) is 0. The van der Waals surface area contributed by atoms with Gasteiger partial charge in [0.25, 0.3) is 5.69 Å². The molecule has 0 heterocycles. The third-order valence-electron chi connectivity index (χ3n) is 1.99. The first kappa shape index (κ1) is 12.9. The van der Waals surface area contributed by atoms with Gasteiger partial charge in [0.05, 0.1) is 17.1 Å². The summed E-state index contributed by atoms with van der Waals surface area (Å²) in [5, 5.41) is 11.2. The number of rotatable bonds is 6.